The van der Waals surface area contributed by atoms with E-state index in [0.29, 0.717) is 0 Å². The van der Waals surface area contributed by atoms with Crippen molar-refractivity contribution in [2.45, 2.75) is 90.3 Å². The highest BCUT2D eigenvalue weighted by Gasteiger charge is 2.31. The van der Waals surface area contributed by atoms with Gasteiger partial charge in [0.25, 0.3) is 0 Å². The predicted octanol–water partition coefficient (Wildman–Crippen LogP) is 4.05. The van der Waals surface area contributed by atoms with Gasteiger partial charge in [-0.15, -0.1) is 0 Å². The summed E-state index contributed by atoms with van der Waals surface area (Å²) in [5.74, 6) is 1.85. The lowest BCUT2D eigenvalue weighted by Crippen LogP contribution is -2.47. The summed E-state index contributed by atoms with van der Waals surface area (Å²) < 4.78 is 0. The first-order valence-electron chi connectivity index (χ1n) is 9.05. The zero-order chi connectivity index (χ0) is 14.5. The second kappa shape index (κ2) is 7.79. The molecule has 0 saturated heterocycles. The lowest BCUT2D eigenvalue weighted by molar-refractivity contribution is 0.0732. The summed E-state index contributed by atoms with van der Waals surface area (Å²) in [4.78, 5) is 2.75. The Morgan fingerprint density at radius 3 is 2.05 bits per heavy atom. The van der Waals surface area contributed by atoms with E-state index in [0.717, 1.165) is 30.0 Å². The van der Waals surface area contributed by atoms with E-state index in [9.17, 15) is 0 Å². The van der Waals surface area contributed by atoms with Crippen LogP contribution in [0.2, 0.25) is 0 Å². The molecule has 2 saturated carbocycles. The Morgan fingerprint density at radius 2 is 1.50 bits per heavy atom. The molecule has 2 nitrogen and oxygen atoms in total. The fourth-order valence-corrected chi connectivity index (χ4v) is 4.57. The van der Waals surface area contributed by atoms with Crippen LogP contribution in [0.3, 0.4) is 0 Å². The van der Waals surface area contributed by atoms with Crippen LogP contribution in [0, 0.1) is 11.8 Å². The number of rotatable bonds is 5. The predicted molar refractivity (Wildman–Crippen MR) is 88.1 cm³/mol. The molecule has 1 N–H and O–H groups in total. The van der Waals surface area contributed by atoms with Crippen LogP contribution in [0.1, 0.15) is 72.1 Å². The maximum Gasteiger partial charge on any atom is 0.0100 e. The Kier molecular flexibility index (Phi) is 6.35. The molecule has 20 heavy (non-hydrogen) atoms. The second-order valence-corrected chi connectivity index (χ2v) is 7.70. The van der Waals surface area contributed by atoms with Crippen molar-refractivity contribution >= 4 is 0 Å². The van der Waals surface area contributed by atoms with Crippen LogP contribution < -0.4 is 5.32 Å². The number of nitrogens with one attached hydrogen (secondary N) is 1. The Hall–Kier alpha value is -0.0800. The minimum Gasteiger partial charge on any atom is -0.314 e. The standard InChI is InChI=1S/C18H36N2/c1-5-10-19-16-6-8-17(9-7-16)20(4)18-12-14(2)11-15(3)13-18/h14-19H,5-13H2,1-4H3. The Balaban J connectivity index is 1.77. The summed E-state index contributed by atoms with van der Waals surface area (Å²) in [5, 5.41) is 3.71. The van der Waals surface area contributed by atoms with E-state index in [-0.39, 0.29) is 0 Å². The van der Waals surface area contributed by atoms with Crippen LogP contribution in [0.5, 0.6) is 0 Å². The Morgan fingerprint density at radius 1 is 0.900 bits per heavy atom. The topological polar surface area (TPSA) is 15.3 Å². The molecule has 2 aliphatic rings. The molecule has 0 aromatic heterocycles. The monoisotopic (exact) mass is 280 g/mol. The lowest BCUT2D eigenvalue weighted by atomic mass is 9.78. The summed E-state index contributed by atoms with van der Waals surface area (Å²) in [6, 6.07) is 2.49. The molecule has 0 aliphatic heterocycles. The molecule has 2 fully saturated rings. The third-order valence-electron chi connectivity index (χ3n) is 5.69. The first-order valence-corrected chi connectivity index (χ1v) is 9.05. The maximum atomic E-state index is 3.71. The number of nitrogens with zero attached hydrogens (tertiary/aromatic N) is 1. The van der Waals surface area contributed by atoms with Gasteiger partial charge in [0.2, 0.25) is 0 Å². The SMILES string of the molecule is CCCNC1CCC(N(C)C2CC(C)CC(C)C2)CC1. The van der Waals surface area contributed by atoms with Crippen molar-refractivity contribution in [1.82, 2.24) is 10.2 Å². The van der Waals surface area contributed by atoms with Crippen molar-refractivity contribution in [2.75, 3.05) is 13.6 Å². The molecule has 2 heteroatoms. The van der Waals surface area contributed by atoms with Gasteiger partial charge in [-0.25, -0.2) is 0 Å². The van der Waals surface area contributed by atoms with Crippen LogP contribution >= 0.6 is 0 Å². The Labute approximate surface area is 126 Å². The third kappa shape index (κ3) is 4.46. The average molecular weight is 281 g/mol. The van der Waals surface area contributed by atoms with Gasteiger partial charge in [-0.05, 0) is 76.8 Å². The van der Waals surface area contributed by atoms with Crippen LogP contribution in [0.4, 0.5) is 0 Å². The summed E-state index contributed by atoms with van der Waals surface area (Å²) in [6.07, 6.45) is 11.1. The van der Waals surface area contributed by atoms with E-state index in [1.54, 1.807) is 0 Å². The van der Waals surface area contributed by atoms with Crippen molar-refractivity contribution in [3.05, 3.63) is 0 Å². The van der Waals surface area contributed by atoms with Crippen LogP contribution in [0.25, 0.3) is 0 Å². The molecule has 0 aromatic rings. The van der Waals surface area contributed by atoms with Gasteiger partial charge >= 0.3 is 0 Å². The molecule has 0 radical (unpaired) electrons. The van der Waals surface area contributed by atoms with Crippen molar-refractivity contribution in [1.29, 1.82) is 0 Å². The van der Waals surface area contributed by atoms with Gasteiger partial charge in [-0.3, -0.25) is 0 Å². The summed E-state index contributed by atoms with van der Waals surface area (Å²) in [5.41, 5.74) is 0. The average Bonchev–Trinajstić information content (AvgIpc) is 2.44. The first-order chi connectivity index (χ1) is 9.60. The molecule has 2 atom stereocenters. The number of hydrogen-bond acceptors (Lipinski definition) is 2. The van der Waals surface area contributed by atoms with E-state index in [4.69, 9.17) is 0 Å². The molecule has 0 spiro atoms. The molecule has 0 aromatic carbocycles. The van der Waals surface area contributed by atoms with E-state index < -0.39 is 0 Å². The highest BCUT2D eigenvalue weighted by molar-refractivity contribution is 4.87. The minimum absolute atomic E-state index is 0.795. The van der Waals surface area contributed by atoms with E-state index in [1.165, 1.54) is 57.9 Å². The van der Waals surface area contributed by atoms with Gasteiger partial charge in [0.05, 0.1) is 0 Å². The van der Waals surface area contributed by atoms with Crippen molar-refractivity contribution in [3.63, 3.8) is 0 Å². The zero-order valence-corrected chi connectivity index (χ0v) is 14.2. The normalized spacial score (nSPS) is 39.1. The smallest absolute Gasteiger partial charge is 0.0100 e. The molecular weight excluding hydrogens is 244 g/mol. The number of hydrogen-bond donors (Lipinski definition) is 1. The van der Waals surface area contributed by atoms with Gasteiger partial charge in [-0.1, -0.05) is 20.8 Å². The quantitative estimate of drug-likeness (QED) is 0.817. The molecule has 2 rings (SSSR count). The molecule has 0 amide bonds. The van der Waals surface area contributed by atoms with Gasteiger partial charge in [0, 0.05) is 18.1 Å². The molecule has 2 unspecified atom stereocenters. The minimum atomic E-state index is 0.795. The Bertz CT molecular complexity index is 261. The molecule has 0 bridgehead atoms. The van der Waals surface area contributed by atoms with Gasteiger partial charge in [-0.2, -0.15) is 0 Å². The largest absolute Gasteiger partial charge is 0.314 e. The second-order valence-electron chi connectivity index (χ2n) is 7.70. The fourth-order valence-electron chi connectivity index (χ4n) is 4.57. The van der Waals surface area contributed by atoms with E-state index in [1.807, 2.05) is 0 Å². The molecule has 2 aliphatic carbocycles. The molecular formula is C18H36N2. The van der Waals surface area contributed by atoms with Crippen molar-refractivity contribution in [2.24, 2.45) is 11.8 Å². The highest BCUT2D eigenvalue weighted by atomic mass is 15.2. The van der Waals surface area contributed by atoms with Gasteiger partial charge in [0.15, 0.2) is 0 Å². The highest BCUT2D eigenvalue weighted by Crippen LogP contribution is 2.34. The van der Waals surface area contributed by atoms with Crippen LogP contribution in [-0.2, 0) is 0 Å². The first kappa shape index (κ1) is 16.3. The van der Waals surface area contributed by atoms with E-state index >= 15 is 0 Å². The van der Waals surface area contributed by atoms with E-state index in [2.05, 4.69) is 38.0 Å². The van der Waals surface area contributed by atoms with Crippen LogP contribution in [-0.4, -0.2) is 36.6 Å². The van der Waals surface area contributed by atoms with Crippen molar-refractivity contribution < 1.29 is 0 Å². The fraction of sp³-hybridized carbons (Fsp3) is 1.00. The maximum absolute atomic E-state index is 3.71. The molecule has 118 valence electrons. The summed E-state index contributed by atoms with van der Waals surface area (Å²) >= 11 is 0. The molecule has 0 heterocycles. The van der Waals surface area contributed by atoms with Gasteiger partial charge in [0.1, 0.15) is 0 Å². The summed E-state index contributed by atoms with van der Waals surface area (Å²) in [7, 11) is 2.40. The van der Waals surface area contributed by atoms with Crippen LogP contribution in [0.15, 0.2) is 0 Å². The lowest BCUT2D eigenvalue weighted by Gasteiger charge is -2.43. The third-order valence-corrected chi connectivity index (χ3v) is 5.69. The summed E-state index contributed by atoms with van der Waals surface area (Å²) in [6.45, 7) is 8.35. The zero-order valence-electron chi connectivity index (χ0n) is 14.2. The van der Waals surface area contributed by atoms with Crippen molar-refractivity contribution in [3.8, 4) is 0 Å². The van der Waals surface area contributed by atoms with Gasteiger partial charge < -0.3 is 10.2 Å².